The van der Waals surface area contributed by atoms with Crippen molar-refractivity contribution in [3.05, 3.63) is 17.2 Å². The Morgan fingerprint density at radius 1 is 1.42 bits per heavy atom. The number of nitrogens with two attached hydrogens (primary N) is 3. The van der Waals surface area contributed by atoms with Gasteiger partial charge in [-0.3, -0.25) is 4.79 Å². The number of nitrogens with zero attached hydrogens (tertiary/aromatic N) is 1. The molecule has 0 radical (unpaired) electrons. The van der Waals surface area contributed by atoms with Crippen molar-refractivity contribution in [3.63, 3.8) is 0 Å². The van der Waals surface area contributed by atoms with Gasteiger partial charge in [0.15, 0.2) is 0 Å². The molecule has 1 aromatic rings. The first-order chi connectivity index (χ1) is 5.52. The molecule has 0 spiro atoms. The zero-order valence-corrected chi connectivity index (χ0v) is 6.66. The van der Waals surface area contributed by atoms with Gasteiger partial charge in [0.05, 0.1) is 5.56 Å². The number of aromatic nitrogens is 1. The molecule has 0 aliphatic carbocycles. The number of hydrogen-bond donors (Lipinski definition) is 3. The molecule has 12 heavy (non-hydrogen) atoms. The normalized spacial score (nSPS) is 9.75. The zero-order chi connectivity index (χ0) is 9.30. The Bertz CT molecular complexity index is 334. The third-order valence-electron chi connectivity index (χ3n) is 1.55. The van der Waals surface area contributed by atoms with Crippen LogP contribution in [-0.2, 0) is 0 Å². The van der Waals surface area contributed by atoms with Gasteiger partial charge in [0, 0.05) is 0 Å². The molecule has 64 valence electrons. The summed E-state index contributed by atoms with van der Waals surface area (Å²) in [5.74, 6) is -0.203. The molecule has 0 saturated carbocycles. The number of rotatable bonds is 1. The van der Waals surface area contributed by atoms with Crippen LogP contribution in [0.15, 0.2) is 6.07 Å². The van der Waals surface area contributed by atoms with Crippen molar-refractivity contribution in [2.75, 3.05) is 11.5 Å². The van der Waals surface area contributed by atoms with Crippen molar-refractivity contribution in [1.29, 1.82) is 0 Å². The van der Waals surface area contributed by atoms with Crippen molar-refractivity contribution >= 4 is 17.5 Å². The van der Waals surface area contributed by atoms with E-state index in [-0.39, 0.29) is 11.4 Å². The van der Waals surface area contributed by atoms with Crippen LogP contribution in [0.4, 0.5) is 11.6 Å². The number of carbonyl (C=O) groups is 1. The fourth-order valence-electron chi connectivity index (χ4n) is 0.840. The van der Waals surface area contributed by atoms with E-state index in [4.69, 9.17) is 17.2 Å². The van der Waals surface area contributed by atoms with Gasteiger partial charge in [-0.1, -0.05) is 0 Å². The minimum atomic E-state index is -0.594. The van der Waals surface area contributed by atoms with Gasteiger partial charge in [0.25, 0.3) is 5.91 Å². The molecular weight excluding hydrogens is 156 g/mol. The second-order valence-corrected chi connectivity index (χ2v) is 2.49. The number of primary amides is 1. The highest BCUT2D eigenvalue weighted by Gasteiger charge is 2.08. The Balaban J connectivity index is 3.33. The van der Waals surface area contributed by atoms with Crippen LogP contribution in [0.1, 0.15) is 15.9 Å². The lowest BCUT2D eigenvalue weighted by Crippen LogP contribution is -2.15. The summed E-state index contributed by atoms with van der Waals surface area (Å²) in [4.78, 5) is 14.5. The van der Waals surface area contributed by atoms with Gasteiger partial charge in [0.2, 0.25) is 0 Å². The average molecular weight is 166 g/mol. The van der Waals surface area contributed by atoms with Crippen LogP contribution in [0.2, 0.25) is 0 Å². The highest BCUT2D eigenvalue weighted by atomic mass is 16.1. The van der Waals surface area contributed by atoms with Crippen molar-refractivity contribution in [2.45, 2.75) is 6.92 Å². The van der Waals surface area contributed by atoms with Crippen LogP contribution in [0.25, 0.3) is 0 Å². The Labute approximate surface area is 69.6 Å². The van der Waals surface area contributed by atoms with E-state index in [0.717, 1.165) is 0 Å². The number of anilines is 2. The van der Waals surface area contributed by atoms with Crippen molar-refractivity contribution in [3.8, 4) is 0 Å². The molecule has 6 N–H and O–H groups in total. The molecule has 0 aromatic carbocycles. The molecule has 5 nitrogen and oxygen atoms in total. The van der Waals surface area contributed by atoms with Crippen LogP contribution in [-0.4, -0.2) is 10.9 Å². The van der Waals surface area contributed by atoms with Crippen molar-refractivity contribution in [1.82, 2.24) is 4.98 Å². The molecule has 0 aliphatic rings. The Morgan fingerprint density at radius 3 is 2.50 bits per heavy atom. The fraction of sp³-hybridized carbons (Fsp3) is 0.143. The predicted octanol–water partition coefficient (Wildman–Crippen LogP) is -0.347. The zero-order valence-electron chi connectivity index (χ0n) is 6.66. The lowest BCUT2D eigenvalue weighted by atomic mass is 10.2. The van der Waals surface area contributed by atoms with Crippen LogP contribution in [0, 0.1) is 6.92 Å². The molecule has 1 rings (SSSR count). The fourth-order valence-corrected chi connectivity index (χ4v) is 0.840. The summed E-state index contributed by atoms with van der Waals surface area (Å²) in [5, 5.41) is 0. The Hall–Kier alpha value is -1.78. The third-order valence-corrected chi connectivity index (χ3v) is 1.55. The van der Waals surface area contributed by atoms with Crippen LogP contribution in [0.3, 0.4) is 0 Å². The second-order valence-electron chi connectivity index (χ2n) is 2.49. The van der Waals surface area contributed by atoms with Crippen molar-refractivity contribution < 1.29 is 4.79 Å². The first-order valence-corrected chi connectivity index (χ1v) is 3.34. The van der Waals surface area contributed by atoms with Gasteiger partial charge in [-0.25, -0.2) is 4.98 Å². The van der Waals surface area contributed by atoms with Gasteiger partial charge in [0.1, 0.15) is 11.6 Å². The first-order valence-electron chi connectivity index (χ1n) is 3.34. The lowest BCUT2D eigenvalue weighted by Gasteiger charge is -2.04. The summed E-state index contributed by atoms with van der Waals surface area (Å²) in [5.41, 5.74) is 16.8. The number of nitrogen functional groups attached to an aromatic ring is 2. The largest absolute Gasteiger partial charge is 0.383 e. The van der Waals surface area contributed by atoms with E-state index in [0.29, 0.717) is 11.4 Å². The molecule has 1 aromatic heterocycles. The van der Waals surface area contributed by atoms with E-state index >= 15 is 0 Å². The van der Waals surface area contributed by atoms with Crippen LogP contribution < -0.4 is 17.2 Å². The minimum absolute atomic E-state index is 0.0746. The topological polar surface area (TPSA) is 108 Å². The molecule has 0 saturated heterocycles. The first kappa shape index (κ1) is 8.32. The highest BCUT2D eigenvalue weighted by Crippen LogP contribution is 2.14. The standard InChI is InChI=1S/C7H10N4O/c1-3-2-4(7(10)12)6(9)11-5(3)8/h2H,1H3,(H2,10,12)(H4,8,9,11). The molecule has 1 amide bonds. The Kier molecular flexibility index (Phi) is 1.86. The number of hydrogen-bond acceptors (Lipinski definition) is 4. The smallest absolute Gasteiger partial charge is 0.252 e. The molecular formula is C7H10N4O. The van der Waals surface area contributed by atoms with Crippen LogP contribution in [0.5, 0.6) is 0 Å². The monoisotopic (exact) mass is 166 g/mol. The summed E-state index contributed by atoms with van der Waals surface area (Å²) < 4.78 is 0. The highest BCUT2D eigenvalue weighted by molar-refractivity contribution is 5.97. The summed E-state index contributed by atoms with van der Waals surface area (Å²) >= 11 is 0. The van der Waals surface area contributed by atoms with Gasteiger partial charge >= 0.3 is 0 Å². The number of pyridine rings is 1. The minimum Gasteiger partial charge on any atom is -0.383 e. The lowest BCUT2D eigenvalue weighted by molar-refractivity contribution is 0.100. The quantitative estimate of drug-likeness (QED) is 0.530. The molecule has 0 fully saturated rings. The average Bonchev–Trinajstić information content (AvgIpc) is 1.96. The summed E-state index contributed by atoms with van der Waals surface area (Å²) in [6.45, 7) is 1.73. The molecule has 0 atom stereocenters. The SMILES string of the molecule is Cc1cc(C(N)=O)c(N)nc1N. The van der Waals surface area contributed by atoms with Gasteiger partial charge in [-0.15, -0.1) is 0 Å². The van der Waals surface area contributed by atoms with E-state index in [1.807, 2.05) is 0 Å². The second kappa shape index (κ2) is 2.69. The maximum Gasteiger partial charge on any atom is 0.252 e. The summed E-state index contributed by atoms with van der Waals surface area (Å²) in [7, 11) is 0. The number of carbonyl (C=O) groups excluding carboxylic acids is 1. The van der Waals surface area contributed by atoms with Gasteiger partial charge in [-0.2, -0.15) is 0 Å². The predicted molar refractivity (Wildman–Crippen MR) is 46.3 cm³/mol. The Morgan fingerprint density at radius 2 is 2.00 bits per heavy atom. The number of aryl methyl sites for hydroxylation is 1. The van der Waals surface area contributed by atoms with E-state index in [1.165, 1.54) is 6.07 Å². The molecule has 0 unspecified atom stereocenters. The molecule has 0 bridgehead atoms. The maximum atomic E-state index is 10.7. The van der Waals surface area contributed by atoms with Gasteiger partial charge < -0.3 is 17.2 Å². The molecule has 5 heteroatoms. The van der Waals surface area contributed by atoms with E-state index in [2.05, 4.69) is 4.98 Å². The third kappa shape index (κ3) is 1.29. The van der Waals surface area contributed by atoms with E-state index in [9.17, 15) is 4.79 Å². The number of amides is 1. The van der Waals surface area contributed by atoms with Crippen LogP contribution >= 0.6 is 0 Å². The summed E-state index contributed by atoms with van der Waals surface area (Å²) in [6, 6.07) is 1.53. The van der Waals surface area contributed by atoms with Crippen molar-refractivity contribution in [2.24, 2.45) is 5.73 Å². The van der Waals surface area contributed by atoms with Gasteiger partial charge in [-0.05, 0) is 18.6 Å². The molecule has 1 heterocycles. The van der Waals surface area contributed by atoms with E-state index in [1.54, 1.807) is 6.92 Å². The van der Waals surface area contributed by atoms with E-state index < -0.39 is 5.91 Å². The summed E-state index contributed by atoms with van der Waals surface area (Å²) in [6.07, 6.45) is 0. The molecule has 0 aliphatic heterocycles. The maximum absolute atomic E-state index is 10.7.